The van der Waals surface area contributed by atoms with Crippen molar-refractivity contribution in [3.63, 3.8) is 0 Å². The van der Waals surface area contributed by atoms with E-state index in [0.29, 0.717) is 13.2 Å². The summed E-state index contributed by atoms with van der Waals surface area (Å²) in [6.45, 7) is 3.16. The van der Waals surface area contributed by atoms with E-state index in [9.17, 15) is 4.79 Å². The third-order valence-corrected chi connectivity index (χ3v) is 5.58. The zero-order valence-corrected chi connectivity index (χ0v) is 16.9. The summed E-state index contributed by atoms with van der Waals surface area (Å²) in [6.07, 6.45) is 5.66. The number of benzene rings is 1. The Bertz CT molecular complexity index is 763. The molecule has 2 aliphatic heterocycles. The molecule has 0 radical (unpaired) electrons. The normalized spacial score (nSPS) is 21.4. The number of ether oxygens (including phenoxy) is 1. The van der Waals surface area contributed by atoms with Crippen molar-refractivity contribution in [3.8, 4) is 5.75 Å². The molecule has 2 aliphatic rings. The van der Waals surface area contributed by atoms with Crippen LogP contribution in [0.25, 0.3) is 0 Å². The van der Waals surface area contributed by atoms with Crippen LogP contribution in [0.4, 0.5) is 0 Å². The number of fused-ring (bicyclic) bond motifs is 1. The molecular formula is C22H28ClN3O2. The second-order valence-electron chi connectivity index (χ2n) is 7.35. The highest BCUT2D eigenvalue weighted by molar-refractivity contribution is 5.85. The number of pyridine rings is 1. The largest absolute Gasteiger partial charge is 0.493 e. The van der Waals surface area contributed by atoms with Gasteiger partial charge in [-0.25, -0.2) is 0 Å². The Hall–Kier alpha value is -2.11. The summed E-state index contributed by atoms with van der Waals surface area (Å²) in [5.74, 6) is 0.931. The van der Waals surface area contributed by atoms with Crippen LogP contribution in [0.2, 0.25) is 0 Å². The fourth-order valence-electron chi connectivity index (χ4n) is 4.16. The number of amides is 1. The fraction of sp³-hybridized carbons (Fsp3) is 0.455. The number of hydrogen-bond donors (Lipinski definition) is 1. The van der Waals surface area contributed by atoms with Gasteiger partial charge in [-0.3, -0.25) is 9.78 Å². The van der Waals surface area contributed by atoms with Gasteiger partial charge in [0.15, 0.2) is 0 Å². The summed E-state index contributed by atoms with van der Waals surface area (Å²) in [6, 6.07) is 14.1. The van der Waals surface area contributed by atoms with Crippen molar-refractivity contribution in [1.29, 1.82) is 0 Å². The van der Waals surface area contributed by atoms with Gasteiger partial charge in [0.2, 0.25) is 5.91 Å². The fourth-order valence-corrected chi connectivity index (χ4v) is 4.16. The molecule has 0 saturated carbocycles. The highest BCUT2D eigenvalue weighted by Gasteiger charge is 2.34. The van der Waals surface area contributed by atoms with Crippen molar-refractivity contribution in [2.75, 3.05) is 19.7 Å². The molecule has 1 amide bonds. The summed E-state index contributed by atoms with van der Waals surface area (Å²) in [5.41, 5.74) is 1.97. The number of carbonyl (C=O) groups is 1. The van der Waals surface area contributed by atoms with Gasteiger partial charge in [-0.1, -0.05) is 24.3 Å². The molecule has 0 aliphatic carbocycles. The minimum Gasteiger partial charge on any atom is -0.493 e. The zero-order valence-electron chi connectivity index (χ0n) is 16.0. The number of hydrogen-bond acceptors (Lipinski definition) is 4. The summed E-state index contributed by atoms with van der Waals surface area (Å²) in [4.78, 5) is 20.3. The third-order valence-electron chi connectivity index (χ3n) is 5.58. The number of para-hydroxylation sites is 1. The van der Waals surface area contributed by atoms with E-state index in [0.717, 1.165) is 55.8 Å². The molecular weight excluding hydrogens is 374 g/mol. The minimum atomic E-state index is -0.130. The monoisotopic (exact) mass is 401 g/mol. The Labute approximate surface area is 172 Å². The van der Waals surface area contributed by atoms with Gasteiger partial charge < -0.3 is 15.0 Å². The summed E-state index contributed by atoms with van der Waals surface area (Å²) in [7, 11) is 0. The highest BCUT2D eigenvalue weighted by atomic mass is 35.5. The first-order chi connectivity index (χ1) is 13.3. The van der Waals surface area contributed by atoms with Gasteiger partial charge in [-0.2, -0.15) is 0 Å². The molecule has 0 spiro atoms. The Morgan fingerprint density at radius 3 is 2.82 bits per heavy atom. The van der Waals surface area contributed by atoms with E-state index >= 15 is 0 Å². The minimum absolute atomic E-state index is 0. The Morgan fingerprint density at radius 1 is 1.11 bits per heavy atom. The van der Waals surface area contributed by atoms with Crippen LogP contribution in [0.15, 0.2) is 48.7 Å². The second kappa shape index (κ2) is 9.89. The Kier molecular flexibility index (Phi) is 7.29. The van der Waals surface area contributed by atoms with E-state index in [1.54, 1.807) is 6.20 Å². The van der Waals surface area contributed by atoms with Crippen LogP contribution in [0.1, 0.15) is 42.9 Å². The first kappa shape index (κ1) is 20.6. The predicted octanol–water partition coefficient (Wildman–Crippen LogP) is 3.54. The SMILES string of the molecule is Cl.O=C(C1CCOc2ccccc21)N(Cc1ccccn1)C1CCCNCC1. The van der Waals surface area contributed by atoms with Gasteiger partial charge >= 0.3 is 0 Å². The molecule has 4 rings (SSSR count). The average Bonchev–Trinajstić information content (AvgIpc) is 3.01. The van der Waals surface area contributed by atoms with E-state index in [2.05, 4.69) is 15.2 Å². The lowest BCUT2D eigenvalue weighted by Gasteiger charge is -2.35. The van der Waals surface area contributed by atoms with Crippen LogP contribution >= 0.6 is 12.4 Å². The molecule has 1 saturated heterocycles. The topological polar surface area (TPSA) is 54.5 Å². The van der Waals surface area contributed by atoms with Crippen molar-refractivity contribution in [2.45, 2.75) is 44.2 Å². The quantitative estimate of drug-likeness (QED) is 0.851. The molecule has 1 N–H and O–H groups in total. The molecule has 28 heavy (non-hydrogen) atoms. The molecule has 6 heteroatoms. The first-order valence-electron chi connectivity index (χ1n) is 9.96. The van der Waals surface area contributed by atoms with Gasteiger partial charge in [0.25, 0.3) is 0 Å². The third kappa shape index (κ3) is 4.65. The second-order valence-corrected chi connectivity index (χ2v) is 7.35. The Balaban J connectivity index is 0.00000225. The van der Waals surface area contributed by atoms with Gasteiger partial charge in [-0.05, 0) is 57.0 Å². The molecule has 150 valence electrons. The molecule has 5 nitrogen and oxygen atoms in total. The molecule has 1 fully saturated rings. The van der Waals surface area contributed by atoms with Crippen LogP contribution in [0, 0.1) is 0 Å². The van der Waals surface area contributed by atoms with Crippen molar-refractivity contribution in [2.24, 2.45) is 0 Å². The van der Waals surface area contributed by atoms with Crippen LogP contribution in [0.3, 0.4) is 0 Å². The van der Waals surface area contributed by atoms with Crippen molar-refractivity contribution >= 4 is 18.3 Å². The maximum atomic E-state index is 13.7. The molecule has 1 aromatic carbocycles. The first-order valence-corrected chi connectivity index (χ1v) is 9.96. The maximum absolute atomic E-state index is 13.7. The molecule has 2 aromatic rings. The van der Waals surface area contributed by atoms with Gasteiger partial charge in [0.1, 0.15) is 5.75 Å². The average molecular weight is 402 g/mol. The van der Waals surface area contributed by atoms with E-state index in [1.807, 2.05) is 42.5 Å². The smallest absolute Gasteiger partial charge is 0.230 e. The number of nitrogens with zero attached hydrogens (tertiary/aromatic N) is 2. The lowest BCUT2D eigenvalue weighted by Crippen LogP contribution is -2.44. The van der Waals surface area contributed by atoms with Crippen LogP contribution in [0.5, 0.6) is 5.75 Å². The van der Waals surface area contributed by atoms with Crippen LogP contribution in [-0.2, 0) is 11.3 Å². The molecule has 2 unspecified atom stereocenters. The summed E-state index contributed by atoms with van der Waals surface area (Å²) >= 11 is 0. The number of rotatable bonds is 4. The van der Waals surface area contributed by atoms with Crippen molar-refractivity contribution < 1.29 is 9.53 Å². The molecule has 0 bridgehead atoms. The van der Waals surface area contributed by atoms with E-state index in [4.69, 9.17) is 4.74 Å². The van der Waals surface area contributed by atoms with Gasteiger partial charge in [0.05, 0.1) is 24.8 Å². The molecule has 2 atom stereocenters. The molecule has 1 aromatic heterocycles. The lowest BCUT2D eigenvalue weighted by molar-refractivity contribution is -0.137. The zero-order chi connectivity index (χ0) is 18.5. The maximum Gasteiger partial charge on any atom is 0.230 e. The number of halogens is 1. The van der Waals surface area contributed by atoms with Crippen LogP contribution in [-0.4, -0.2) is 41.5 Å². The van der Waals surface area contributed by atoms with Crippen molar-refractivity contribution in [3.05, 3.63) is 59.9 Å². The number of nitrogens with one attached hydrogen (secondary N) is 1. The van der Waals surface area contributed by atoms with Crippen molar-refractivity contribution in [1.82, 2.24) is 15.2 Å². The summed E-state index contributed by atoms with van der Waals surface area (Å²) < 4.78 is 5.77. The lowest BCUT2D eigenvalue weighted by atomic mass is 9.90. The predicted molar refractivity (Wildman–Crippen MR) is 112 cm³/mol. The van der Waals surface area contributed by atoms with Gasteiger partial charge in [-0.15, -0.1) is 12.4 Å². The highest BCUT2D eigenvalue weighted by Crippen LogP contribution is 2.35. The number of aromatic nitrogens is 1. The molecule has 3 heterocycles. The number of carbonyl (C=O) groups excluding carboxylic acids is 1. The standard InChI is InChI=1S/C22H27N3O2.ClH/c26-22(20-11-15-27-21-9-2-1-8-19(20)21)25(16-17-6-3-4-13-24-17)18-7-5-12-23-14-10-18;/h1-4,6,8-9,13,18,20,23H,5,7,10-12,14-16H2;1H. The van der Waals surface area contributed by atoms with E-state index in [1.165, 1.54) is 0 Å². The van der Waals surface area contributed by atoms with Crippen LogP contribution < -0.4 is 10.1 Å². The Morgan fingerprint density at radius 2 is 1.96 bits per heavy atom. The van der Waals surface area contributed by atoms with E-state index < -0.39 is 0 Å². The van der Waals surface area contributed by atoms with Gasteiger partial charge in [0, 0.05) is 17.8 Å². The van der Waals surface area contributed by atoms with E-state index in [-0.39, 0.29) is 30.3 Å². The summed E-state index contributed by atoms with van der Waals surface area (Å²) in [5, 5.41) is 3.46.